The number of carboxylic acid groups (broad SMARTS) is 1. The van der Waals surface area contributed by atoms with Crippen LogP contribution in [0, 0.1) is 11.8 Å². The Morgan fingerprint density at radius 1 is 1.38 bits per heavy atom. The number of carbonyl (C=O) groups is 1. The van der Waals surface area contributed by atoms with Crippen molar-refractivity contribution < 1.29 is 9.90 Å². The molecule has 1 rings (SSSR count). The molecule has 0 spiro atoms. The molecule has 0 amide bonds. The molecular formula is C13H20O2S. The van der Waals surface area contributed by atoms with E-state index in [-0.39, 0.29) is 5.92 Å². The second-order valence-corrected chi connectivity index (χ2v) is 5.84. The number of hydrogen-bond donors (Lipinski definition) is 1. The average Bonchev–Trinajstić information content (AvgIpc) is 2.63. The molecule has 1 heterocycles. The average molecular weight is 240 g/mol. The second-order valence-electron chi connectivity index (χ2n) is 4.59. The standard InChI is InChI=1S/C13H20O2S/c1-4-11-5-6-12(16-11)8-10(13(14)15)7-9(2)3/h5-6,9-10H,4,7-8H2,1-3H3,(H,14,15). The van der Waals surface area contributed by atoms with Crippen LogP contribution in [0.3, 0.4) is 0 Å². The van der Waals surface area contributed by atoms with Gasteiger partial charge >= 0.3 is 5.97 Å². The zero-order valence-electron chi connectivity index (χ0n) is 10.2. The summed E-state index contributed by atoms with van der Waals surface area (Å²) in [6, 6.07) is 4.17. The molecule has 0 aliphatic rings. The Balaban J connectivity index is 2.64. The normalized spacial score (nSPS) is 13.0. The Bertz CT molecular complexity index is 341. The summed E-state index contributed by atoms with van der Waals surface area (Å²) < 4.78 is 0. The molecule has 0 saturated carbocycles. The molecule has 0 aliphatic carbocycles. The van der Waals surface area contributed by atoms with E-state index in [9.17, 15) is 4.79 Å². The summed E-state index contributed by atoms with van der Waals surface area (Å²) in [5, 5.41) is 9.15. The van der Waals surface area contributed by atoms with Gasteiger partial charge in [-0.15, -0.1) is 11.3 Å². The summed E-state index contributed by atoms with van der Waals surface area (Å²) >= 11 is 1.74. The minimum Gasteiger partial charge on any atom is -0.481 e. The SMILES string of the molecule is CCc1ccc(CC(CC(C)C)C(=O)O)s1. The summed E-state index contributed by atoms with van der Waals surface area (Å²) in [6.45, 7) is 6.27. The van der Waals surface area contributed by atoms with E-state index in [2.05, 4.69) is 32.9 Å². The van der Waals surface area contributed by atoms with Gasteiger partial charge in [0.05, 0.1) is 5.92 Å². The fourth-order valence-electron chi connectivity index (χ4n) is 1.81. The van der Waals surface area contributed by atoms with Crippen LogP contribution in [0.2, 0.25) is 0 Å². The van der Waals surface area contributed by atoms with Crippen LogP contribution in [0.25, 0.3) is 0 Å². The highest BCUT2D eigenvalue weighted by Gasteiger charge is 2.19. The van der Waals surface area contributed by atoms with Crippen molar-refractivity contribution in [2.75, 3.05) is 0 Å². The largest absolute Gasteiger partial charge is 0.481 e. The van der Waals surface area contributed by atoms with Crippen molar-refractivity contribution in [2.45, 2.75) is 40.0 Å². The molecule has 0 saturated heterocycles. The van der Waals surface area contributed by atoms with Crippen molar-refractivity contribution >= 4 is 17.3 Å². The molecule has 90 valence electrons. The molecule has 0 aromatic carbocycles. The van der Waals surface area contributed by atoms with Gasteiger partial charge in [0.25, 0.3) is 0 Å². The molecule has 16 heavy (non-hydrogen) atoms. The second kappa shape index (κ2) is 6.04. The fraction of sp³-hybridized carbons (Fsp3) is 0.615. The molecule has 1 unspecified atom stereocenters. The highest BCUT2D eigenvalue weighted by atomic mass is 32.1. The molecule has 1 aromatic rings. The van der Waals surface area contributed by atoms with Crippen molar-refractivity contribution in [3.05, 3.63) is 21.9 Å². The van der Waals surface area contributed by atoms with E-state index >= 15 is 0 Å². The van der Waals surface area contributed by atoms with Gasteiger partial charge in [0.1, 0.15) is 0 Å². The third kappa shape index (κ3) is 3.97. The van der Waals surface area contributed by atoms with Gasteiger partial charge in [-0.3, -0.25) is 4.79 Å². The van der Waals surface area contributed by atoms with Gasteiger partial charge < -0.3 is 5.11 Å². The summed E-state index contributed by atoms with van der Waals surface area (Å²) in [7, 11) is 0. The smallest absolute Gasteiger partial charge is 0.306 e. The minimum absolute atomic E-state index is 0.233. The van der Waals surface area contributed by atoms with Crippen LogP contribution >= 0.6 is 11.3 Å². The van der Waals surface area contributed by atoms with Crippen molar-refractivity contribution in [1.29, 1.82) is 0 Å². The predicted molar refractivity (Wildman–Crippen MR) is 68.0 cm³/mol. The monoisotopic (exact) mass is 240 g/mol. The van der Waals surface area contributed by atoms with Crippen LogP contribution < -0.4 is 0 Å². The summed E-state index contributed by atoms with van der Waals surface area (Å²) in [6.07, 6.45) is 2.47. The molecular weight excluding hydrogens is 220 g/mol. The quantitative estimate of drug-likeness (QED) is 0.825. The number of thiophene rings is 1. The van der Waals surface area contributed by atoms with Gasteiger partial charge in [-0.25, -0.2) is 0 Å². The molecule has 1 atom stereocenters. The van der Waals surface area contributed by atoms with Gasteiger partial charge in [-0.05, 0) is 37.3 Å². The first-order chi connectivity index (χ1) is 7.52. The minimum atomic E-state index is -0.667. The van der Waals surface area contributed by atoms with Crippen molar-refractivity contribution in [3.63, 3.8) is 0 Å². The lowest BCUT2D eigenvalue weighted by molar-refractivity contribution is -0.142. The van der Waals surface area contributed by atoms with Crippen molar-refractivity contribution in [2.24, 2.45) is 11.8 Å². The molecule has 0 fully saturated rings. The van der Waals surface area contributed by atoms with E-state index in [0.717, 1.165) is 12.8 Å². The topological polar surface area (TPSA) is 37.3 Å². The van der Waals surface area contributed by atoms with Crippen molar-refractivity contribution in [1.82, 2.24) is 0 Å². The molecule has 3 heteroatoms. The van der Waals surface area contributed by atoms with Crippen LogP contribution in [0.1, 0.15) is 36.9 Å². The summed E-state index contributed by atoms with van der Waals surface area (Å²) in [4.78, 5) is 13.7. The number of hydrogen-bond acceptors (Lipinski definition) is 2. The maximum absolute atomic E-state index is 11.1. The zero-order valence-corrected chi connectivity index (χ0v) is 11.0. The van der Waals surface area contributed by atoms with E-state index in [1.165, 1.54) is 9.75 Å². The van der Waals surface area contributed by atoms with E-state index in [0.29, 0.717) is 12.3 Å². The Hall–Kier alpha value is -0.830. The number of rotatable bonds is 6. The Morgan fingerprint density at radius 2 is 2.00 bits per heavy atom. The van der Waals surface area contributed by atoms with Crippen LogP contribution in [0.15, 0.2) is 12.1 Å². The molecule has 2 nitrogen and oxygen atoms in total. The van der Waals surface area contributed by atoms with Gasteiger partial charge in [-0.2, -0.15) is 0 Å². The van der Waals surface area contributed by atoms with E-state index in [4.69, 9.17) is 5.11 Å². The van der Waals surface area contributed by atoms with Crippen LogP contribution in [0.5, 0.6) is 0 Å². The fourth-order valence-corrected chi connectivity index (χ4v) is 2.84. The first-order valence-corrected chi connectivity index (χ1v) is 6.65. The predicted octanol–water partition coefficient (Wildman–Crippen LogP) is 3.60. The Morgan fingerprint density at radius 3 is 2.44 bits per heavy atom. The van der Waals surface area contributed by atoms with E-state index < -0.39 is 5.97 Å². The van der Waals surface area contributed by atoms with Gasteiger partial charge in [0.2, 0.25) is 0 Å². The lowest BCUT2D eigenvalue weighted by Crippen LogP contribution is -2.18. The number of aryl methyl sites for hydroxylation is 1. The lowest BCUT2D eigenvalue weighted by Gasteiger charge is -2.13. The highest BCUT2D eigenvalue weighted by Crippen LogP contribution is 2.23. The first kappa shape index (κ1) is 13.2. The Labute approximate surface area is 101 Å². The highest BCUT2D eigenvalue weighted by molar-refractivity contribution is 7.11. The summed E-state index contributed by atoms with van der Waals surface area (Å²) in [5.74, 6) is -0.463. The molecule has 0 bridgehead atoms. The van der Waals surface area contributed by atoms with Crippen LogP contribution in [-0.4, -0.2) is 11.1 Å². The Kier molecular flexibility index (Phi) is 5.00. The van der Waals surface area contributed by atoms with Crippen molar-refractivity contribution in [3.8, 4) is 0 Å². The van der Waals surface area contributed by atoms with Crippen LogP contribution in [-0.2, 0) is 17.6 Å². The lowest BCUT2D eigenvalue weighted by atomic mass is 9.94. The molecule has 0 aliphatic heterocycles. The van der Waals surface area contributed by atoms with Gasteiger partial charge in [0.15, 0.2) is 0 Å². The number of aliphatic carboxylic acids is 1. The van der Waals surface area contributed by atoms with Gasteiger partial charge in [0, 0.05) is 9.75 Å². The zero-order chi connectivity index (χ0) is 12.1. The number of carboxylic acids is 1. The molecule has 0 radical (unpaired) electrons. The van der Waals surface area contributed by atoms with E-state index in [1.54, 1.807) is 11.3 Å². The van der Waals surface area contributed by atoms with Gasteiger partial charge in [-0.1, -0.05) is 20.8 Å². The van der Waals surface area contributed by atoms with E-state index in [1.807, 2.05) is 0 Å². The first-order valence-electron chi connectivity index (χ1n) is 5.83. The molecule has 1 N–H and O–H groups in total. The maximum Gasteiger partial charge on any atom is 0.306 e. The third-order valence-electron chi connectivity index (χ3n) is 2.62. The third-order valence-corrected chi connectivity index (χ3v) is 3.87. The molecule has 1 aromatic heterocycles. The summed E-state index contributed by atoms with van der Waals surface area (Å²) in [5.41, 5.74) is 0. The van der Waals surface area contributed by atoms with Crippen LogP contribution in [0.4, 0.5) is 0 Å². The maximum atomic E-state index is 11.1.